The molecule has 20 heavy (non-hydrogen) atoms. The molecule has 0 unspecified atom stereocenters. The van der Waals surface area contributed by atoms with Gasteiger partial charge in [-0.2, -0.15) is 0 Å². The minimum absolute atomic E-state index is 0.00167. The molecule has 3 nitrogen and oxygen atoms in total. The van der Waals surface area contributed by atoms with E-state index in [-0.39, 0.29) is 16.3 Å². The highest BCUT2D eigenvalue weighted by molar-refractivity contribution is 6.38. The number of phenolic OH excluding ortho intramolecular Hbond substituents is 1. The highest BCUT2D eigenvalue weighted by Gasteiger charge is 2.10. The van der Waals surface area contributed by atoms with Gasteiger partial charge in [-0.3, -0.25) is 4.79 Å². The average molecular weight is 306 g/mol. The molecule has 0 aliphatic carbocycles. The second-order valence-electron chi connectivity index (χ2n) is 4.38. The number of hydrogen-bond donors (Lipinski definition) is 2. The van der Waals surface area contributed by atoms with E-state index < -0.39 is 0 Å². The summed E-state index contributed by atoms with van der Waals surface area (Å²) in [5.41, 5.74) is 2.01. The summed E-state index contributed by atoms with van der Waals surface area (Å²) in [6, 6.07) is 11.6. The van der Waals surface area contributed by atoms with Crippen LogP contribution in [0, 0.1) is 0 Å². The summed E-state index contributed by atoms with van der Waals surface area (Å²) in [5, 5.41) is 11.2. The average Bonchev–Trinajstić information content (AvgIpc) is 2.42. The molecule has 0 spiro atoms. The SMILES string of the molecule is O=c1ccc2c(Cl)c(-c3ccc(Cl)c(O)c3)ccc2[nH]1. The molecule has 0 radical (unpaired) electrons. The highest BCUT2D eigenvalue weighted by Crippen LogP contribution is 2.36. The van der Waals surface area contributed by atoms with Crippen molar-refractivity contribution in [1.82, 2.24) is 4.98 Å². The molecule has 0 saturated carbocycles. The molecule has 3 aromatic rings. The van der Waals surface area contributed by atoms with E-state index in [4.69, 9.17) is 23.2 Å². The third kappa shape index (κ3) is 2.15. The molecule has 0 fully saturated rings. The summed E-state index contributed by atoms with van der Waals surface area (Å²) in [7, 11) is 0. The van der Waals surface area contributed by atoms with Crippen molar-refractivity contribution in [2.24, 2.45) is 0 Å². The van der Waals surface area contributed by atoms with E-state index in [2.05, 4.69) is 4.98 Å². The Hall–Kier alpha value is -1.97. The van der Waals surface area contributed by atoms with Crippen LogP contribution in [0.1, 0.15) is 0 Å². The number of nitrogens with one attached hydrogen (secondary N) is 1. The Bertz CT molecular complexity index is 871. The van der Waals surface area contributed by atoms with E-state index in [9.17, 15) is 9.90 Å². The smallest absolute Gasteiger partial charge is 0.248 e. The lowest BCUT2D eigenvalue weighted by atomic mass is 10.0. The lowest BCUT2D eigenvalue weighted by Gasteiger charge is -2.08. The predicted molar refractivity (Wildman–Crippen MR) is 81.7 cm³/mol. The van der Waals surface area contributed by atoms with Crippen LogP contribution in [0.4, 0.5) is 0 Å². The van der Waals surface area contributed by atoms with Gasteiger partial charge < -0.3 is 10.1 Å². The molecule has 0 bridgehead atoms. The van der Waals surface area contributed by atoms with Crippen LogP contribution >= 0.6 is 23.2 Å². The van der Waals surface area contributed by atoms with Gasteiger partial charge in [0.2, 0.25) is 5.56 Å². The zero-order valence-electron chi connectivity index (χ0n) is 10.2. The second kappa shape index (κ2) is 4.85. The molecule has 1 aromatic heterocycles. The molecule has 0 aliphatic rings. The second-order valence-corrected chi connectivity index (χ2v) is 5.16. The zero-order chi connectivity index (χ0) is 14.3. The number of hydrogen-bond acceptors (Lipinski definition) is 2. The van der Waals surface area contributed by atoms with Crippen molar-refractivity contribution in [3.63, 3.8) is 0 Å². The molecule has 0 amide bonds. The number of fused-ring (bicyclic) bond motifs is 1. The van der Waals surface area contributed by atoms with E-state index in [0.717, 1.165) is 16.5 Å². The number of aromatic hydroxyl groups is 1. The monoisotopic (exact) mass is 305 g/mol. The van der Waals surface area contributed by atoms with Gasteiger partial charge in [0.05, 0.1) is 10.0 Å². The van der Waals surface area contributed by atoms with Crippen LogP contribution in [-0.2, 0) is 0 Å². The van der Waals surface area contributed by atoms with Crippen molar-refractivity contribution in [3.8, 4) is 16.9 Å². The van der Waals surface area contributed by atoms with Crippen LogP contribution in [0.15, 0.2) is 47.3 Å². The maximum absolute atomic E-state index is 11.3. The predicted octanol–water partition coefficient (Wildman–Crippen LogP) is 4.21. The van der Waals surface area contributed by atoms with Crippen LogP contribution < -0.4 is 5.56 Å². The van der Waals surface area contributed by atoms with E-state index in [1.807, 2.05) is 0 Å². The summed E-state index contributed by atoms with van der Waals surface area (Å²) < 4.78 is 0. The van der Waals surface area contributed by atoms with Crippen LogP contribution in [0.25, 0.3) is 22.0 Å². The van der Waals surface area contributed by atoms with Gasteiger partial charge in [-0.15, -0.1) is 0 Å². The number of rotatable bonds is 1. The molecular weight excluding hydrogens is 297 g/mol. The molecule has 100 valence electrons. The maximum Gasteiger partial charge on any atom is 0.248 e. The van der Waals surface area contributed by atoms with Gasteiger partial charge in [0, 0.05) is 22.5 Å². The van der Waals surface area contributed by atoms with Gasteiger partial charge in [-0.1, -0.05) is 35.3 Å². The fourth-order valence-electron chi connectivity index (χ4n) is 2.10. The fraction of sp³-hybridized carbons (Fsp3) is 0. The quantitative estimate of drug-likeness (QED) is 0.707. The van der Waals surface area contributed by atoms with Gasteiger partial charge in [0.15, 0.2) is 0 Å². The number of aromatic amines is 1. The lowest BCUT2D eigenvalue weighted by Crippen LogP contribution is -2.02. The third-order valence-corrected chi connectivity index (χ3v) is 3.82. The van der Waals surface area contributed by atoms with E-state index in [1.165, 1.54) is 6.07 Å². The van der Waals surface area contributed by atoms with E-state index >= 15 is 0 Å². The Labute approximate surface area is 124 Å². The van der Waals surface area contributed by atoms with Gasteiger partial charge in [0.1, 0.15) is 5.75 Å². The molecule has 0 aliphatic heterocycles. The number of benzene rings is 2. The first-order valence-electron chi connectivity index (χ1n) is 5.87. The van der Waals surface area contributed by atoms with E-state index in [0.29, 0.717) is 10.5 Å². The summed E-state index contributed by atoms with van der Waals surface area (Å²) in [4.78, 5) is 14.0. The standard InChI is InChI=1S/C15H9Cl2NO2/c16-11-4-1-8(7-13(11)19)9-2-5-12-10(15(9)17)3-6-14(20)18-12/h1-7,19H,(H,18,20). The first kappa shape index (κ1) is 13.0. The minimum atomic E-state index is -0.176. The number of halogens is 2. The largest absolute Gasteiger partial charge is 0.506 e. The molecule has 0 atom stereocenters. The van der Waals surface area contributed by atoms with Gasteiger partial charge in [0.25, 0.3) is 0 Å². The van der Waals surface area contributed by atoms with Gasteiger partial charge in [-0.05, 0) is 29.8 Å². The van der Waals surface area contributed by atoms with Gasteiger partial charge >= 0.3 is 0 Å². The molecule has 3 rings (SSSR count). The molecule has 0 saturated heterocycles. The van der Waals surface area contributed by atoms with Crippen LogP contribution in [0.5, 0.6) is 5.75 Å². The summed E-state index contributed by atoms with van der Waals surface area (Å²) in [6.07, 6.45) is 0. The Morgan fingerprint density at radius 2 is 1.80 bits per heavy atom. The molecule has 2 aromatic carbocycles. The Morgan fingerprint density at radius 3 is 2.55 bits per heavy atom. The van der Waals surface area contributed by atoms with Crippen molar-refractivity contribution in [3.05, 3.63) is 62.9 Å². The lowest BCUT2D eigenvalue weighted by molar-refractivity contribution is 0.476. The number of pyridine rings is 1. The van der Waals surface area contributed by atoms with Crippen LogP contribution in [0.3, 0.4) is 0 Å². The van der Waals surface area contributed by atoms with Crippen molar-refractivity contribution in [2.45, 2.75) is 0 Å². The van der Waals surface area contributed by atoms with Crippen LogP contribution in [0.2, 0.25) is 10.0 Å². The fourth-order valence-corrected chi connectivity index (χ4v) is 2.56. The molecule has 5 heteroatoms. The molecule has 1 heterocycles. The highest BCUT2D eigenvalue weighted by atomic mass is 35.5. The first-order valence-corrected chi connectivity index (χ1v) is 6.62. The van der Waals surface area contributed by atoms with Crippen molar-refractivity contribution in [2.75, 3.05) is 0 Å². The Kier molecular flexibility index (Phi) is 3.16. The molecule has 2 N–H and O–H groups in total. The normalized spacial score (nSPS) is 10.9. The summed E-state index contributed by atoms with van der Waals surface area (Å²) in [6.45, 7) is 0. The number of phenols is 1. The third-order valence-electron chi connectivity index (χ3n) is 3.10. The first-order chi connectivity index (χ1) is 9.56. The summed E-state index contributed by atoms with van der Waals surface area (Å²) >= 11 is 12.2. The van der Waals surface area contributed by atoms with E-state index in [1.54, 1.807) is 36.4 Å². The maximum atomic E-state index is 11.3. The number of H-pyrrole nitrogens is 1. The Morgan fingerprint density at radius 1 is 1.00 bits per heavy atom. The van der Waals surface area contributed by atoms with Gasteiger partial charge in [-0.25, -0.2) is 0 Å². The zero-order valence-corrected chi connectivity index (χ0v) is 11.7. The summed E-state index contributed by atoms with van der Waals surface area (Å²) in [5.74, 6) is 0.00167. The topological polar surface area (TPSA) is 53.1 Å². The number of aromatic nitrogens is 1. The minimum Gasteiger partial charge on any atom is -0.506 e. The van der Waals surface area contributed by atoms with Crippen molar-refractivity contribution in [1.29, 1.82) is 0 Å². The van der Waals surface area contributed by atoms with Crippen molar-refractivity contribution >= 4 is 34.1 Å². The molecular formula is C15H9Cl2NO2. The Balaban J connectivity index is 2.26. The van der Waals surface area contributed by atoms with Crippen molar-refractivity contribution < 1.29 is 5.11 Å². The van der Waals surface area contributed by atoms with Crippen LogP contribution in [-0.4, -0.2) is 10.1 Å².